The lowest BCUT2D eigenvalue weighted by atomic mass is 10.2. The van der Waals surface area contributed by atoms with E-state index in [2.05, 4.69) is 9.44 Å². The molecule has 162 valence electrons. The molecule has 3 aromatic rings. The first kappa shape index (κ1) is 21.5. The maximum Gasteiger partial charge on any atom is 0.262 e. The summed E-state index contributed by atoms with van der Waals surface area (Å²) in [6.45, 7) is 2.14. The summed E-state index contributed by atoms with van der Waals surface area (Å²) in [5, 5.41) is 0.251. The minimum Gasteiger partial charge on any atom is -0.493 e. The van der Waals surface area contributed by atoms with Gasteiger partial charge in [-0.15, -0.1) is 0 Å². The molecule has 1 aliphatic rings. The highest BCUT2D eigenvalue weighted by molar-refractivity contribution is 7.93. The van der Waals surface area contributed by atoms with E-state index in [1.54, 1.807) is 43.3 Å². The number of sulfonamides is 2. The summed E-state index contributed by atoms with van der Waals surface area (Å²) >= 11 is 6.06. The standard InChI is InChI=1S/C21H19ClN2O5S2/c1-14-6-7-16(13-21(14)31(27,28)24-19-5-3-2-4-18(19)22)23-30(25,26)17-8-9-20-15(12-17)10-11-29-20/h2-9,12-13,23-24H,10-11H2,1H3. The number of hydrogen-bond donors (Lipinski definition) is 2. The predicted octanol–water partition coefficient (Wildman–Crippen LogP) is 4.18. The first-order valence-electron chi connectivity index (χ1n) is 9.32. The quantitative estimate of drug-likeness (QED) is 0.553. The minimum absolute atomic E-state index is 0.0602. The molecule has 0 bridgehead atoms. The molecule has 31 heavy (non-hydrogen) atoms. The van der Waals surface area contributed by atoms with Crippen LogP contribution in [-0.4, -0.2) is 23.4 Å². The van der Waals surface area contributed by atoms with Crippen LogP contribution in [0.3, 0.4) is 0 Å². The zero-order valence-corrected chi connectivity index (χ0v) is 18.8. The van der Waals surface area contributed by atoms with Crippen LogP contribution in [-0.2, 0) is 26.5 Å². The van der Waals surface area contributed by atoms with Crippen LogP contribution in [0.4, 0.5) is 11.4 Å². The van der Waals surface area contributed by atoms with Crippen molar-refractivity contribution in [3.8, 4) is 5.75 Å². The van der Waals surface area contributed by atoms with Crippen LogP contribution < -0.4 is 14.2 Å². The molecule has 0 saturated carbocycles. The van der Waals surface area contributed by atoms with E-state index in [1.165, 1.54) is 24.3 Å². The highest BCUT2D eigenvalue weighted by Gasteiger charge is 2.22. The summed E-state index contributed by atoms with van der Waals surface area (Å²) in [5.41, 5.74) is 1.63. The molecule has 0 radical (unpaired) electrons. The van der Waals surface area contributed by atoms with Gasteiger partial charge in [0.1, 0.15) is 5.75 Å². The highest BCUT2D eigenvalue weighted by Crippen LogP contribution is 2.30. The minimum atomic E-state index is -4.00. The van der Waals surface area contributed by atoms with Crippen LogP contribution in [0.1, 0.15) is 11.1 Å². The van der Waals surface area contributed by atoms with Crippen molar-refractivity contribution in [3.05, 3.63) is 76.8 Å². The second-order valence-corrected chi connectivity index (χ2v) is 10.8. The third kappa shape index (κ3) is 4.48. The Morgan fingerprint density at radius 1 is 0.903 bits per heavy atom. The Bertz CT molecular complexity index is 1370. The molecule has 7 nitrogen and oxygen atoms in total. The zero-order valence-electron chi connectivity index (χ0n) is 16.4. The molecule has 0 unspecified atom stereocenters. The molecular formula is C21H19ClN2O5S2. The molecule has 10 heteroatoms. The van der Waals surface area contributed by atoms with Gasteiger partial charge in [0, 0.05) is 6.42 Å². The molecule has 4 rings (SSSR count). The topological polar surface area (TPSA) is 102 Å². The lowest BCUT2D eigenvalue weighted by Gasteiger charge is -2.14. The molecule has 1 heterocycles. The first-order valence-corrected chi connectivity index (χ1v) is 12.7. The van der Waals surface area contributed by atoms with Crippen LogP contribution in [0, 0.1) is 6.92 Å². The molecular weight excluding hydrogens is 460 g/mol. The van der Waals surface area contributed by atoms with Crippen LogP contribution in [0.25, 0.3) is 0 Å². The SMILES string of the molecule is Cc1ccc(NS(=O)(=O)c2ccc3c(c2)CCO3)cc1S(=O)(=O)Nc1ccccc1Cl. The summed E-state index contributed by atoms with van der Waals surface area (Å²) in [6.07, 6.45) is 0.638. The van der Waals surface area contributed by atoms with Crippen molar-refractivity contribution < 1.29 is 21.6 Å². The number of halogens is 1. The molecule has 0 aromatic heterocycles. The molecule has 0 fully saturated rings. The number of para-hydroxylation sites is 1. The lowest BCUT2D eigenvalue weighted by molar-refractivity contribution is 0.356. The lowest BCUT2D eigenvalue weighted by Crippen LogP contribution is -2.17. The van der Waals surface area contributed by atoms with Crippen LogP contribution in [0.2, 0.25) is 5.02 Å². The molecule has 2 N–H and O–H groups in total. The maximum atomic E-state index is 12.9. The fourth-order valence-corrected chi connectivity index (χ4v) is 5.93. The van der Waals surface area contributed by atoms with E-state index in [-0.39, 0.29) is 26.2 Å². The molecule has 1 aliphatic heterocycles. The summed E-state index contributed by atoms with van der Waals surface area (Å²) in [4.78, 5) is 0.0193. The van der Waals surface area contributed by atoms with Crippen LogP contribution in [0.15, 0.2) is 70.5 Å². The molecule has 0 spiro atoms. The van der Waals surface area contributed by atoms with Gasteiger partial charge < -0.3 is 4.74 Å². The van der Waals surface area contributed by atoms with Gasteiger partial charge in [0.2, 0.25) is 0 Å². The van der Waals surface area contributed by atoms with Crippen molar-refractivity contribution in [2.24, 2.45) is 0 Å². The van der Waals surface area contributed by atoms with Crippen LogP contribution in [0.5, 0.6) is 5.75 Å². The zero-order chi connectivity index (χ0) is 22.2. The number of aryl methyl sites for hydroxylation is 1. The highest BCUT2D eigenvalue weighted by atomic mass is 35.5. The Balaban J connectivity index is 1.64. The number of hydrogen-bond acceptors (Lipinski definition) is 5. The number of fused-ring (bicyclic) bond motifs is 1. The third-order valence-electron chi connectivity index (χ3n) is 4.82. The Morgan fingerprint density at radius 3 is 2.45 bits per heavy atom. The van der Waals surface area contributed by atoms with Crippen LogP contribution >= 0.6 is 11.6 Å². The number of benzene rings is 3. The van der Waals surface area contributed by atoms with E-state index < -0.39 is 20.0 Å². The average Bonchev–Trinajstić information content (AvgIpc) is 3.19. The van der Waals surface area contributed by atoms with Gasteiger partial charge in [0.25, 0.3) is 20.0 Å². The Kier molecular flexibility index (Phi) is 5.59. The Hall–Kier alpha value is -2.75. The fourth-order valence-electron chi connectivity index (χ4n) is 3.24. The van der Waals surface area contributed by atoms with Crippen molar-refractivity contribution in [2.45, 2.75) is 23.1 Å². The average molecular weight is 479 g/mol. The van der Waals surface area contributed by atoms with Gasteiger partial charge in [-0.2, -0.15) is 0 Å². The van der Waals surface area contributed by atoms with Gasteiger partial charge in [0.05, 0.1) is 32.8 Å². The Labute approximate surface area is 186 Å². The van der Waals surface area contributed by atoms with E-state index >= 15 is 0 Å². The fraction of sp³-hybridized carbons (Fsp3) is 0.143. The Morgan fingerprint density at radius 2 is 1.68 bits per heavy atom. The van der Waals surface area contributed by atoms with Gasteiger partial charge in [-0.05, 0) is 60.5 Å². The summed E-state index contributed by atoms with van der Waals surface area (Å²) in [5.74, 6) is 0.674. The van der Waals surface area contributed by atoms with E-state index in [9.17, 15) is 16.8 Å². The van der Waals surface area contributed by atoms with Gasteiger partial charge in [-0.3, -0.25) is 9.44 Å². The molecule has 3 aromatic carbocycles. The van der Waals surface area contributed by atoms with E-state index in [0.717, 1.165) is 5.56 Å². The maximum absolute atomic E-state index is 12.9. The van der Waals surface area contributed by atoms with E-state index in [4.69, 9.17) is 16.3 Å². The number of ether oxygens (including phenoxy) is 1. The van der Waals surface area contributed by atoms with Gasteiger partial charge in [-0.1, -0.05) is 29.8 Å². The van der Waals surface area contributed by atoms with E-state index in [0.29, 0.717) is 24.3 Å². The summed E-state index contributed by atoms with van der Waals surface area (Å²) in [7, 11) is -7.92. The normalized spacial score (nSPS) is 13.4. The van der Waals surface area contributed by atoms with Gasteiger partial charge in [-0.25, -0.2) is 16.8 Å². The van der Waals surface area contributed by atoms with Crippen molar-refractivity contribution in [1.82, 2.24) is 0 Å². The summed E-state index contributed by atoms with van der Waals surface area (Å²) < 4.78 is 61.9. The molecule has 0 aliphatic carbocycles. The van der Waals surface area contributed by atoms with Gasteiger partial charge in [0.15, 0.2) is 0 Å². The number of nitrogens with one attached hydrogen (secondary N) is 2. The van der Waals surface area contributed by atoms with Crippen molar-refractivity contribution in [1.29, 1.82) is 0 Å². The molecule has 0 amide bonds. The second-order valence-electron chi connectivity index (χ2n) is 7.04. The molecule has 0 atom stereocenters. The summed E-state index contributed by atoms with van der Waals surface area (Å²) in [6, 6.07) is 15.4. The predicted molar refractivity (Wildman–Crippen MR) is 120 cm³/mol. The number of anilines is 2. The van der Waals surface area contributed by atoms with Gasteiger partial charge >= 0.3 is 0 Å². The largest absolute Gasteiger partial charge is 0.493 e. The second kappa shape index (κ2) is 8.07. The van der Waals surface area contributed by atoms with Crippen molar-refractivity contribution in [2.75, 3.05) is 16.1 Å². The third-order valence-corrected chi connectivity index (χ3v) is 8.04. The van der Waals surface area contributed by atoms with Crippen molar-refractivity contribution >= 4 is 43.0 Å². The number of rotatable bonds is 6. The van der Waals surface area contributed by atoms with E-state index in [1.807, 2.05) is 0 Å². The smallest absolute Gasteiger partial charge is 0.262 e. The molecule has 0 saturated heterocycles. The monoisotopic (exact) mass is 478 g/mol. The first-order chi connectivity index (χ1) is 14.7. The van der Waals surface area contributed by atoms with Crippen molar-refractivity contribution in [3.63, 3.8) is 0 Å².